The molecule has 0 amide bonds. The van der Waals surface area contributed by atoms with E-state index >= 15 is 0 Å². The van der Waals surface area contributed by atoms with Gasteiger partial charge < -0.3 is 0 Å². The van der Waals surface area contributed by atoms with Gasteiger partial charge in [-0.1, -0.05) is 0 Å². The zero-order valence-electron chi connectivity index (χ0n) is 14.6. The minimum atomic E-state index is 0.374. The van der Waals surface area contributed by atoms with Crippen molar-refractivity contribution < 1.29 is 0 Å². The SMILES string of the molecule is Cn1cc(C(C[Se]c2ccccc2)c2ccc(Cl)cc2)c2ccccc21. The first-order chi connectivity index (χ1) is 12.7. The van der Waals surface area contributed by atoms with Gasteiger partial charge in [0, 0.05) is 0 Å². The number of hydrogen-bond acceptors (Lipinski definition) is 0. The third kappa shape index (κ3) is 3.59. The first kappa shape index (κ1) is 17.4. The van der Waals surface area contributed by atoms with Gasteiger partial charge in [0.15, 0.2) is 0 Å². The summed E-state index contributed by atoms with van der Waals surface area (Å²) in [5.74, 6) is 0.374. The van der Waals surface area contributed by atoms with Crippen molar-refractivity contribution in [2.24, 2.45) is 7.05 Å². The van der Waals surface area contributed by atoms with Gasteiger partial charge in [0.25, 0.3) is 0 Å². The third-order valence-corrected chi connectivity index (χ3v) is 7.31. The van der Waals surface area contributed by atoms with Gasteiger partial charge in [-0.2, -0.15) is 0 Å². The molecule has 0 aliphatic rings. The summed E-state index contributed by atoms with van der Waals surface area (Å²) in [5, 5.41) is 3.27. The van der Waals surface area contributed by atoms with Gasteiger partial charge in [0.1, 0.15) is 0 Å². The van der Waals surface area contributed by atoms with Crippen LogP contribution in [-0.4, -0.2) is 19.5 Å². The van der Waals surface area contributed by atoms with E-state index in [0.717, 1.165) is 10.3 Å². The fraction of sp³-hybridized carbons (Fsp3) is 0.130. The van der Waals surface area contributed by atoms with E-state index in [2.05, 4.69) is 84.5 Å². The van der Waals surface area contributed by atoms with Crippen molar-refractivity contribution in [1.29, 1.82) is 0 Å². The zero-order chi connectivity index (χ0) is 17.9. The van der Waals surface area contributed by atoms with Gasteiger partial charge in [-0.15, -0.1) is 0 Å². The van der Waals surface area contributed by atoms with Crippen LogP contribution in [0.25, 0.3) is 10.9 Å². The van der Waals surface area contributed by atoms with Crippen LogP contribution in [0.5, 0.6) is 0 Å². The van der Waals surface area contributed by atoms with Crippen LogP contribution in [0.4, 0.5) is 0 Å². The molecular formula is C23H20ClNSe. The quantitative estimate of drug-likeness (QED) is 0.377. The van der Waals surface area contributed by atoms with Crippen LogP contribution < -0.4 is 4.46 Å². The van der Waals surface area contributed by atoms with Crippen molar-refractivity contribution in [2.75, 3.05) is 0 Å². The molecule has 0 aliphatic carbocycles. The Morgan fingerprint density at radius 2 is 1.58 bits per heavy atom. The number of aryl methyl sites for hydroxylation is 1. The first-order valence-electron chi connectivity index (χ1n) is 8.69. The van der Waals surface area contributed by atoms with Gasteiger partial charge in [0.2, 0.25) is 0 Å². The Morgan fingerprint density at radius 1 is 0.885 bits per heavy atom. The third-order valence-electron chi connectivity index (χ3n) is 4.74. The maximum atomic E-state index is 6.13. The Morgan fingerprint density at radius 3 is 2.35 bits per heavy atom. The number of nitrogens with zero attached hydrogens (tertiary/aromatic N) is 1. The number of hydrogen-bond donors (Lipinski definition) is 0. The van der Waals surface area contributed by atoms with Crippen LogP contribution in [-0.2, 0) is 7.05 Å². The Bertz CT molecular complexity index is 1010. The second kappa shape index (κ2) is 7.72. The predicted molar refractivity (Wildman–Crippen MR) is 113 cm³/mol. The van der Waals surface area contributed by atoms with Crippen LogP contribution >= 0.6 is 11.6 Å². The molecule has 1 nitrogen and oxygen atoms in total. The summed E-state index contributed by atoms with van der Waals surface area (Å²) in [5.41, 5.74) is 4.03. The van der Waals surface area contributed by atoms with Crippen molar-refractivity contribution in [3.8, 4) is 0 Å². The Kier molecular flexibility index (Phi) is 5.17. The van der Waals surface area contributed by atoms with Gasteiger partial charge in [-0.25, -0.2) is 0 Å². The van der Waals surface area contributed by atoms with Crippen LogP contribution in [0.15, 0.2) is 85.1 Å². The van der Waals surface area contributed by atoms with Crippen LogP contribution in [0.2, 0.25) is 10.3 Å². The molecule has 1 atom stereocenters. The molecule has 3 heteroatoms. The zero-order valence-corrected chi connectivity index (χ0v) is 17.1. The number of aromatic nitrogens is 1. The molecule has 1 aromatic heterocycles. The normalized spacial score (nSPS) is 12.4. The molecule has 4 aromatic rings. The maximum absolute atomic E-state index is 6.13. The standard InChI is InChI=1S/C23H20ClNSe/c1-25-15-21(20-9-5-6-10-23(20)25)22(17-11-13-18(24)14-12-17)16-26-19-7-3-2-4-8-19/h2-15,22H,16H2,1H3. The number of rotatable bonds is 5. The summed E-state index contributed by atoms with van der Waals surface area (Å²) in [6.45, 7) is 0. The number of fused-ring (bicyclic) bond motifs is 1. The molecule has 0 radical (unpaired) electrons. The van der Waals surface area contributed by atoms with Crippen molar-refractivity contribution in [3.63, 3.8) is 0 Å². The van der Waals surface area contributed by atoms with E-state index in [1.807, 2.05) is 12.1 Å². The average Bonchev–Trinajstić information content (AvgIpc) is 3.01. The molecule has 3 aromatic carbocycles. The molecule has 26 heavy (non-hydrogen) atoms. The molecule has 0 N–H and O–H groups in total. The van der Waals surface area contributed by atoms with Crippen LogP contribution in [0.1, 0.15) is 17.0 Å². The second-order valence-electron chi connectivity index (χ2n) is 6.44. The fourth-order valence-corrected chi connectivity index (χ4v) is 5.80. The molecule has 1 heterocycles. The summed E-state index contributed by atoms with van der Waals surface area (Å²) in [4.78, 5) is 0. The molecule has 0 fully saturated rings. The number of halogens is 1. The van der Waals surface area contributed by atoms with E-state index in [1.165, 1.54) is 26.5 Å². The van der Waals surface area contributed by atoms with E-state index in [0.29, 0.717) is 20.9 Å². The average molecular weight is 425 g/mol. The fourth-order valence-electron chi connectivity index (χ4n) is 3.41. The minimum absolute atomic E-state index is 0.374. The van der Waals surface area contributed by atoms with Crippen LogP contribution in [0.3, 0.4) is 0 Å². The summed E-state index contributed by atoms with van der Waals surface area (Å²) in [7, 11) is 2.13. The van der Waals surface area contributed by atoms with Crippen LogP contribution in [0, 0.1) is 0 Å². The van der Waals surface area contributed by atoms with Gasteiger partial charge in [-0.3, -0.25) is 0 Å². The van der Waals surface area contributed by atoms with E-state index in [9.17, 15) is 0 Å². The number of benzene rings is 3. The van der Waals surface area contributed by atoms with Gasteiger partial charge in [0.05, 0.1) is 0 Å². The summed E-state index contributed by atoms with van der Waals surface area (Å²) in [6.07, 6.45) is 2.30. The van der Waals surface area contributed by atoms with E-state index < -0.39 is 0 Å². The Labute approximate surface area is 165 Å². The summed E-state index contributed by atoms with van der Waals surface area (Å²) in [6, 6.07) is 27.9. The molecule has 130 valence electrons. The predicted octanol–water partition coefficient (Wildman–Crippen LogP) is 5.41. The Hall–Kier alpha value is -1.99. The van der Waals surface area contributed by atoms with E-state index in [-0.39, 0.29) is 0 Å². The van der Waals surface area contributed by atoms with Gasteiger partial charge in [-0.05, 0) is 0 Å². The molecule has 4 rings (SSSR count). The molecule has 0 saturated carbocycles. The number of para-hydroxylation sites is 1. The van der Waals surface area contributed by atoms with Crippen molar-refractivity contribution in [2.45, 2.75) is 11.2 Å². The Balaban J connectivity index is 1.75. The molecule has 0 spiro atoms. The van der Waals surface area contributed by atoms with Gasteiger partial charge >= 0.3 is 166 Å². The molecular weight excluding hydrogens is 405 g/mol. The van der Waals surface area contributed by atoms with E-state index in [1.54, 1.807) is 0 Å². The molecule has 0 saturated heterocycles. The topological polar surface area (TPSA) is 4.93 Å². The first-order valence-corrected chi connectivity index (χ1v) is 11.1. The molecule has 0 bridgehead atoms. The molecule has 0 aliphatic heterocycles. The summed E-state index contributed by atoms with van der Waals surface area (Å²) < 4.78 is 3.68. The summed E-state index contributed by atoms with van der Waals surface area (Å²) >= 11 is 6.55. The van der Waals surface area contributed by atoms with Crippen molar-refractivity contribution in [1.82, 2.24) is 4.57 Å². The second-order valence-corrected chi connectivity index (χ2v) is 9.17. The molecule has 1 unspecified atom stereocenters. The monoisotopic (exact) mass is 425 g/mol. The van der Waals surface area contributed by atoms with Crippen molar-refractivity contribution in [3.05, 3.63) is 101 Å². The van der Waals surface area contributed by atoms with E-state index in [4.69, 9.17) is 11.6 Å². The van der Waals surface area contributed by atoms with Crippen molar-refractivity contribution >= 4 is 41.9 Å².